The van der Waals surface area contributed by atoms with Crippen LogP contribution in [0.2, 0.25) is 0 Å². The Morgan fingerprint density at radius 1 is 0.308 bits per heavy atom. The van der Waals surface area contributed by atoms with E-state index in [0.717, 1.165) is 0 Å². The van der Waals surface area contributed by atoms with Crippen molar-refractivity contribution < 1.29 is 18.9 Å². The van der Waals surface area contributed by atoms with Crippen LogP contribution in [0.1, 0.15) is 0 Å². The number of para-hydroxylation sites is 4. The smallest absolute Gasteiger partial charge is 0.264 e. The number of nitrogen functional groups attached to an aromatic ring is 8. The second-order valence-corrected chi connectivity index (χ2v) is 19.6. The zero-order valence-electron chi connectivity index (χ0n) is 40.7. The fourth-order valence-corrected chi connectivity index (χ4v) is 11.6. The van der Waals surface area contributed by atoms with Crippen molar-refractivity contribution >= 4 is 143 Å². The zero-order chi connectivity index (χ0) is 53.2. The van der Waals surface area contributed by atoms with Gasteiger partial charge < -0.3 is 64.8 Å². The highest BCUT2D eigenvalue weighted by atomic mass is 16.5. The van der Waals surface area contributed by atoms with Crippen LogP contribution in [0.15, 0.2) is 155 Å². The van der Waals surface area contributed by atoms with Crippen LogP contribution in [0.5, 0.6) is 46.0 Å². The number of pyridine rings is 2. The molecule has 15 aromatic rings. The number of hydrogen-bond donors (Lipinski definition) is 8. The molecule has 15 rings (SSSR count). The number of ether oxygens (including phenoxy) is 4. The highest BCUT2D eigenvalue weighted by Gasteiger charge is 2.33. The first-order chi connectivity index (χ1) is 37.7. The van der Waals surface area contributed by atoms with Crippen molar-refractivity contribution in [2.24, 2.45) is 0 Å². The molecule has 0 bridgehead atoms. The minimum Gasteiger partial charge on any atom is -0.457 e. The maximum absolute atomic E-state index is 15.6. The predicted octanol–water partition coefficient (Wildman–Crippen LogP) is 11.1. The number of nitrogens with zero attached hydrogens (tertiary/aromatic N) is 4. The van der Waals surface area contributed by atoms with E-state index in [9.17, 15) is 0 Å². The van der Waals surface area contributed by atoms with Crippen LogP contribution in [0.4, 0.5) is 45.5 Å². The summed E-state index contributed by atoms with van der Waals surface area (Å²) in [6.07, 6.45) is 0. The van der Waals surface area contributed by atoms with Crippen LogP contribution in [-0.4, -0.2) is 18.8 Å². The lowest BCUT2D eigenvalue weighted by atomic mass is 9.84. The Kier molecular flexibility index (Phi) is 8.81. The summed E-state index contributed by atoms with van der Waals surface area (Å²) in [4.78, 5) is 41.5. The summed E-state index contributed by atoms with van der Waals surface area (Å²) in [5, 5.41) is 5.09. The number of benzene rings is 11. The van der Waals surface area contributed by atoms with E-state index in [1.54, 1.807) is 93.7 Å². The van der Waals surface area contributed by atoms with Gasteiger partial charge in [-0.1, -0.05) is 24.3 Å². The molecule has 78 heavy (non-hydrogen) atoms. The van der Waals surface area contributed by atoms with E-state index < -0.39 is 11.1 Å². The van der Waals surface area contributed by atoms with Gasteiger partial charge in [0.15, 0.2) is 0 Å². The van der Waals surface area contributed by atoms with Gasteiger partial charge in [-0.25, -0.2) is 9.97 Å². The number of nitrogens with two attached hydrogens (primary N) is 8. The molecule has 0 saturated carbocycles. The van der Waals surface area contributed by atoms with Crippen molar-refractivity contribution in [2.75, 3.05) is 45.9 Å². The van der Waals surface area contributed by atoms with Gasteiger partial charge in [-0.05, 0) is 72.8 Å². The number of hydrogen-bond acceptors (Lipinski definition) is 16. The first-order valence-corrected chi connectivity index (χ1v) is 24.5. The van der Waals surface area contributed by atoms with Gasteiger partial charge in [0, 0.05) is 148 Å². The third-order valence-corrected chi connectivity index (χ3v) is 14.4. The minimum absolute atomic E-state index is 0.171. The molecule has 16 N–H and O–H groups in total. The van der Waals surface area contributed by atoms with Gasteiger partial charge in [0.25, 0.3) is 11.1 Å². The van der Waals surface area contributed by atoms with E-state index in [0.29, 0.717) is 133 Å². The topological polar surface area (TPSA) is 314 Å². The molecule has 4 heterocycles. The molecule has 376 valence electrons. The number of aromatic nitrogens is 4. The first-order valence-electron chi connectivity index (χ1n) is 24.5. The Balaban J connectivity index is 1.26. The number of fused-ring (bicyclic) bond motifs is 10. The van der Waals surface area contributed by atoms with Gasteiger partial charge in [-0.15, -0.1) is 0 Å². The summed E-state index contributed by atoms with van der Waals surface area (Å²) in [5.74, 6) is 1.91. The van der Waals surface area contributed by atoms with E-state index in [-0.39, 0.29) is 56.8 Å². The van der Waals surface area contributed by atoms with Crippen LogP contribution in [-0.2, 0) is 0 Å². The quantitative estimate of drug-likeness (QED) is 0.0398. The van der Waals surface area contributed by atoms with Crippen molar-refractivity contribution in [1.29, 1.82) is 0 Å². The molecule has 0 aliphatic rings. The Hall–Kier alpha value is -11.4. The highest BCUT2D eigenvalue weighted by Crippen LogP contribution is 2.58. The minimum atomic E-state index is -0.392. The maximum atomic E-state index is 15.6. The molecule has 0 spiro atoms. The van der Waals surface area contributed by atoms with E-state index in [1.165, 1.54) is 0 Å². The number of anilines is 8. The highest BCUT2D eigenvalue weighted by molar-refractivity contribution is 6.45. The van der Waals surface area contributed by atoms with Gasteiger partial charge >= 0.3 is 0 Å². The SMILES string of the molecule is Nc1cc(N)cc(Oc2cc3c(=O)n4c5ccccc5nc4c4cc(Oc5cc(N)cc(N)c5)c5c6c(Oc7cc(N)cc(N)c7)cc7c(=O)n8c9ccccc9nc8c8cc(Oc9cc(N)cc(N)c9)c(c2c5c34)c6c78)c1. The van der Waals surface area contributed by atoms with E-state index >= 15 is 9.59 Å². The molecule has 0 atom stereocenters. The lowest BCUT2D eigenvalue weighted by molar-refractivity contribution is 0.484. The van der Waals surface area contributed by atoms with Crippen molar-refractivity contribution in [1.82, 2.24) is 18.8 Å². The van der Waals surface area contributed by atoms with Gasteiger partial charge in [0.1, 0.15) is 57.3 Å². The summed E-state index contributed by atoms with van der Waals surface area (Å²) < 4.78 is 31.6. The molecule has 0 amide bonds. The fourth-order valence-electron chi connectivity index (χ4n) is 11.6. The summed E-state index contributed by atoms with van der Waals surface area (Å²) in [5.41, 5.74) is 56.5. The standard InChI is InChI=1S/C60H40N12O6/c61-25-9-26(62)14-33(13-25)75-45-21-37-49-39(59(73)71-43-7-3-1-5-41(43)69-57(37)71)23-47(77-35-17-29(65)11-30(66)18-35)53-52-46(76-34-15-27(63)10-28(64)16-34)22-38-50-40(60(74)72-44-8-4-2-6-42(44)70-58(38)72)24-48(54(56(50)52)51(45)55(49)53)78-36-19-31(67)12-32(68)20-36/h1-24H,61-68H2. The Labute approximate surface area is 437 Å². The molecule has 4 aromatic heterocycles. The first kappa shape index (κ1) is 44.1. The second-order valence-electron chi connectivity index (χ2n) is 19.6. The average Bonchev–Trinajstić information content (AvgIpc) is 4.00. The van der Waals surface area contributed by atoms with E-state index in [2.05, 4.69) is 0 Å². The zero-order valence-corrected chi connectivity index (χ0v) is 40.7. The van der Waals surface area contributed by atoms with Gasteiger partial charge in [-0.3, -0.25) is 18.4 Å². The van der Waals surface area contributed by atoms with Crippen LogP contribution in [0.25, 0.3) is 98.0 Å². The van der Waals surface area contributed by atoms with Crippen molar-refractivity contribution in [3.8, 4) is 46.0 Å². The summed E-state index contributed by atoms with van der Waals surface area (Å²) >= 11 is 0. The Morgan fingerprint density at radius 2 is 0.577 bits per heavy atom. The Morgan fingerprint density at radius 3 is 0.872 bits per heavy atom. The second kappa shape index (κ2) is 15.6. The van der Waals surface area contributed by atoms with Gasteiger partial charge in [0.05, 0.1) is 32.8 Å². The predicted molar refractivity (Wildman–Crippen MR) is 311 cm³/mol. The Bertz CT molecular complexity index is 4850. The largest absolute Gasteiger partial charge is 0.457 e. The maximum Gasteiger partial charge on any atom is 0.264 e. The summed E-state index contributed by atoms with van der Waals surface area (Å²) in [6, 6.07) is 41.4. The molecule has 0 aliphatic heterocycles. The molecule has 0 aliphatic carbocycles. The lowest BCUT2D eigenvalue weighted by Crippen LogP contribution is -2.15. The van der Waals surface area contributed by atoms with Gasteiger partial charge in [-0.2, -0.15) is 0 Å². The molecular weight excluding hydrogens is 985 g/mol. The number of rotatable bonds is 8. The molecule has 0 saturated heterocycles. The third-order valence-electron chi connectivity index (χ3n) is 14.4. The average molecular weight is 1030 g/mol. The van der Waals surface area contributed by atoms with Crippen molar-refractivity contribution in [3.63, 3.8) is 0 Å². The normalized spacial score (nSPS) is 12.1. The molecule has 18 heteroatoms. The van der Waals surface area contributed by atoms with Crippen LogP contribution in [0, 0.1) is 0 Å². The number of imidazole rings is 2. The molecular formula is C60H40N12O6. The molecule has 0 radical (unpaired) electrons. The lowest BCUT2D eigenvalue weighted by Gasteiger charge is -2.25. The van der Waals surface area contributed by atoms with Crippen LogP contribution < -0.4 is 75.9 Å². The third kappa shape index (κ3) is 6.37. The van der Waals surface area contributed by atoms with Crippen LogP contribution >= 0.6 is 0 Å². The summed E-state index contributed by atoms with van der Waals surface area (Å²) in [7, 11) is 0. The molecule has 0 fully saturated rings. The molecule has 18 nitrogen and oxygen atoms in total. The van der Waals surface area contributed by atoms with E-state index in [1.807, 2.05) is 60.7 Å². The van der Waals surface area contributed by atoms with E-state index in [4.69, 9.17) is 74.8 Å². The van der Waals surface area contributed by atoms with Crippen molar-refractivity contribution in [3.05, 3.63) is 166 Å². The molecule has 11 aromatic carbocycles. The fraction of sp³-hybridized carbons (Fsp3) is 0. The van der Waals surface area contributed by atoms with Gasteiger partial charge in [0.2, 0.25) is 0 Å². The van der Waals surface area contributed by atoms with Crippen molar-refractivity contribution in [2.45, 2.75) is 0 Å². The molecule has 0 unspecified atom stereocenters. The monoisotopic (exact) mass is 1020 g/mol. The summed E-state index contributed by atoms with van der Waals surface area (Å²) in [6.45, 7) is 0. The van der Waals surface area contributed by atoms with Crippen LogP contribution in [0.3, 0.4) is 0 Å².